The number of hydrogen-bond acceptors (Lipinski definition) is 3. The highest BCUT2D eigenvalue weighted by Gasteiger charge is 2.30. The number of nitrogens with zero attached hydrogens (tertiary/aromatic N) is 1. The van der Waals surface area contributed by atoms with Crippen molar-refractivity contribution in [1.29, 1.82) is 0 Å². The Labute approximate surface area is 153 Å². The largest absolute Gasteiger partial charge is 0.436 e. The van der Waals surface area contributed by atoms with E-state index in [0.717, 1.165) is 12.1 Å². The third-order valence-electron chi connectivity index (χ3n) is 3.75. The number of aromatic nitrogens is 1. The Kier molecular flexibility index (Phi) is 5.34. The lowest BCUT2D eigenvalue weighted by Gasteiger charge is -2.08. The molecule has 3 aromatic rings. The minimum Gasteiger partial charge on any atom is -0.436 e. The highest BCUT2D eigenvalue weighted by molar-refractivity contribution is 6.31. The first-order valence-corrected chi connectivity index (χ1v) is 8.18. The highest BCUT2D eigenvalue weighted by atomic mass is 35.5. The molecule has 0 atom stereocenters. The lowest BCUT2D eigenvalue weighted by Crippen LogP contribution is -2.04. The van der Waals surface area contributed by atoms with Crippen molar-refractivity contribution in [3.05, 3.63) is 64.5 Å². The maximum Gasteiger partial charge on any atom is 0.416 e. The molecule has 2 aromatic carbocycles. The van der Waals surface area contributed by atoms with Gasteiger partial charge in [-0.2, -0.15) is 13.2 Å². The maximum absolute atomic E-state index is 12.9. The molecule has 0 bridgehead atoms. The minimum atomic E-state index is -4.40. The molecular weight excluding hydrogens is 367 g/mol. The molecule has 7 heteroatoms. The summed E-state index contributed by atoms with van der Waals surface area (Å²) < 4.78 is 49.6. The summed E-state index contributed by atoms with van der Waals surface area (Å²) in [6.45, 7) is 0.379. The third kappa shape index (κ3) is 4.26. The standard InChI is InChI=1S/C19H15ClF3NO2/c1-25-8-7-13(9-12-3-2-4-14(10-12)19(21,22)23)18-24-16-11-15(20)5-6-17(16)26-18/h2-6,9-11H,7-8H2,1H3/b13-9+. The van der Waals surface area contributed by atoms with Crippen molar-refractivity contribution in [3.63, 3.8) is 0 Å². The molecule has 0 saturated heterocycles. The van der Waals surface area contributed by atoms with Crippen molar-refractivity contribution in [1.82, 2.24) is 4.98 Å². The second kappa shape index (κ2) is 7.51. The van der Waals surface area contributed by atoms with Crippen LogP contribution in [0.15, 0.2) is 46.9 Å². The van der Waals surface area contributed by atoms with Crippen LogP contribution in [0, 0.1) is 0 Å². The summed E-state index contributed by atoms with van der Waals surface area (Å²) in [5, 5.41) is 0.526. The number of methoxy groups -OCH3 is 1. The lowest BCUT2D eigenvalue weighted by molar-refractivity contribution is -0.137. The summed E-state index contributed by atoms with van der Waals surface area (Å²) in [7, 11) is 1.55. The van der Waals surface area contributed by atoms with Gasteiger partial charge in [-0.3, -0.25) is 0 Å². The molecule has 3 rings (SSSR count). The Morgan fingerprint density at radius 2 is 2.04 bits per heavy atom. The van der Waals surface area contributed by atoms with Crippen molar-refractivity contribution in [2.24, 2.45) is 0 Å². The van der Waals surface area contributed by atoms with Gasteiger partial charge in [-0.25, -0.2) is 4.98 Å². The number of benzene rings is 2. The second-order valence-corrected chi connectivity index (χ2v) is 6.10. The lowest BCUT2D eigenvalue weighted by atomic mass is 10.1. The van der Waals surface area contributed by atoms with Crippen molar-refractivity contribution in [3.8, 4) is 0 Å². The van der Waals surface area contributed by atoms with E-state index in [1.54, 1.807) is 37.5 Å². The quantitative estimate of drug-likeness (QED) is 0.537. The SMILES string of the molecule is COCC/C(=C\c1cccc(C(F)(F)F)c1)c1nc2cc(Cl)ccc2o1. The van der Waals surface area contributed by atoms with Crippen LogP contribution >= 0.6 is 11.6 Å². The van der Waals surface area contributed by atoms with E-state index in [2.05, 4.69) is 4.98 Å². The number of halogens is 4. The Hall–Kier alpha value is -2.31. The van der Waals surface area contributed by atoms with Gasteiger partial charge in [0.2, 0.25) is 5.89 Å². The molecule has 136 valence electrons. The first kappa shape index (κ1) is 18.5. The summed E-state index contributed by atoms with van der Waals surface area (Å²) in [5.74, 6) is 0.330. The van der Waals surface area contributed by atoms with Gasteiger partial charge in [-0.05, 0) is 42.0 Å². The molecule has 0 aliphatic heterocycles. The molecule has 0 unspecified atom stereocenters. The fraction of sp³-hybridized carbons (Fsp3) is 0.211. The van der Waals surface area contributed by atoms with Crippen molar-refractivity contribution in [2.75, 3.05) is 13.7 Å². The Balaban J connectivity index is 2.03. The van der Waals surface area contributed by atoms with Crippen LogP contribution in [0.2, 0.25) is 5.02 Å². The molecule has 0 amide bonds. The van der Waals surface area contributed by atoms with Gasteiger partial charge in [0.1, 0.15) is 5.52 Å². The van der Waals surface area contributed by atoms with Gasteiger partial charge in [0, 0.05) is 24.1 Å². The van der Waals surface area contributed by atoms with Crippen LogP contribution in [-0.2, 0) is 10.9 Å². The van der Waals surface area contributed by atoms with E-state index in [1.807, 2.05) is 0 Å². The number of rotatable bonds is 5. The summed E-state index contributed by atoms with van der Waals surface area (Å²) in [6, 6.07) is 10.1. The number of fused-ring (bicyclic) bond motifs is 1. The van der Waals surface area contributed by atoms with Gasteiger partial charge < -0.3 is 9.15 Å². The molecule has 0 spiro atoms. The van der Waals surface area contributed by atoms with Gasteiger partial charge in [-0.1, -0.05) is 23.7 Å². The van der Waals surface area contributed by atoms with E-state index >= 15 is 0 Å². The van der Waals surface area contributed by atoms with Crippen LogP contribution in [0.4, 0.5) is 13.2 Å². The zero-order valence-corrected chi connectivity index (χ0v) is 14.6. The van der Waals surface area contributed by atoms with Gasteiger partial charge in [-0.15, -0.1) is 0 Å². The number of hydrogen-bond donors (Lipinski definition) is 0. The van der Waals surface area contributed by atoms with Gasteiger partial charge in [0.15, 0.2) is 5.58 Å². The van der Waals surface area contributed by atoms with E-state index in [4.69, 9.17) is 20.8 Å². The first-order chi connectivity index (χ1) is 12.4. The molecule has 0 N–H and O–H groups in total. The fourth-order valence-corrected chi connectivity index (χ4v) is 2.66. The highest BCUT2D eigenvalue weighted by Crippen LogP contribution is 2.31. The molecule has 1 heterocycles. The van der Waals surface area contributed by atoms with Crippen molar-refractivity contribution < 1.29 is 22.3 Å². The van der Waals surface area contributed by atoms with Crippen LogP contribution < -0.4 is 0 Å². The molecule has 0 saturated carbocycles. The number of alkyl halides is 3. The summed E-state index contributed by atoms with van der Waals surface area (Å²) >= 11 is 5.96. The van der Waals surface area contributed by atoms with Gasteiger partial charge >= 0.3 is 6.18 Å². The van der Waals surface area contributed by atoms with E-state index in [-0.39, 0.29) is 0 Å². The zero-order chi connectivity index (χ0) is 18.7. The van der Waals surface area contributed by atoms with E-state index in [9.17, 15) is 13.2 Å². The summed E-state index contributed by atoms with van der Waals surface area (Å²) in [6.07, 6.45) is -2.33. The van der Waals surface area contributed by atoms with Crippen molar-refractivity contribution >= 4 is 34.3 Å². The Morgan fingerprint density at radius 3 is 2.77 bits per heavy atom. The minimum absolute atomic E-state index is 0.330. The predicted molar refractivity (Wildman–Crippen MR) is 94.8 cm³/mol. The molecule has 0 radical (unpaired) electrons. The average molecular weight is 382 g/mol. The number of ether oxygens (including phenoxy) is 1. The normalized spacial score (nSPS) is 12.7. The molecular formula is C19H15ClF3NO2. The van der Waals surface area contributed by atoms with Crippen LogP contribution in [0.3, 0.4) is 0 Å². The molecule has 26 heavy (non-hydrogen) atoms. The third-order valence-corrected chi connectivity index (χ3v) is 3.99. The van der Waals surface area contributed by atoms with E-state index < -0.39 is 11.7 Å². The number of oxazole rings is 1. The summed E-state index contributed by atoms with van der Waals surface area (Å²) in [4.78, 5) is 4.40. The van der Waals surface area contributed by atoms with Gasteiger partial charge in [0.25, 0.3) is 0 Å². The van der Waals surface area contributed by atoms with Crippen LogP contribution in [0.25, 0.3) is 22.7 Å². The van der Waals surface area contributed by atoms with Crippen molar-refractivity contribution in [2.45, 2.75) is 12.6 Å². The molecule has 1 aromatic heterocycles. The van der Waals surface area contributed by atoms with Crippen LogP contribution in [0.1, 0.15) is 23.4 Å². The fourth-order valence-electron chi connectivity index (χ4n) is 2.50. The Morgan fingerprint density at radius 1 is 1.23 bits per heavy atom. The monoisotopic (exact) mass is 381 g/mol. The first-order valence-electron chi connectivity index (χ1n) is 7.80. The van der Waals surface area contributed by atoms with E-state index in [0.29, 0.717) is 46.2 Å². The predicted octanol–water partition coefficient (Wildman–Crippen LogP) is 6.08. The second-order valence-electron chi connectivity index (χ2n) is 5.67. The Bertz CT molecular complexity index is 947. The smallest absolute Gasteiger partial charge is 0.416 e. The van der Waals surface area contributed by atoms with Crippen LogP contribution in [-0.4, -0.2) is 18.7 Å². The van der Waals surface area contributed by atoms with Crippen LogP contribution in [0.5, 0.6) is 0 Å². The molecule has 0 fully saturated rings. The molecule has 3 nitrogen and oxygen atoms in total. The van der Waals surface area contributed by atoms with Gasteiger partial charge in [0.05, 0.1) is 12.2 Å². The van der Waals surface area contributed by atoms with E-state index in [1.165, 1.54) is 6.07 Å². The average Bonchev–Trinajstić information content (AvgIpc) is 3.01. The maximum atomic E-state index is 12.9. The topological polar surface area (TPSA) is 35.3 Å². The zero-order valence-electron chi connectivity index (χ0n) is 13.8. The molecule has 0 aliphatic rings. The molecule has 0 aliphatic carbocycles. The summed E-state index contributed by atoms with van der Waals surface area (Å²) in [5.41, 5.74) is 1.48.